The van der Waals surface area contributed by atoms with Crippen molar-refractivity contribution in [3.63, 3.8) is 0 Å². The summed E-state index contributed by atoms with van der Waals surface area (Å²) in [5.41, 5.74) is 2.24. The Morgan fingerprint density at radius 2 is 1.78 bits per heavy atom. The van der Waals surface area contributed by atoms with Crippen molar-refractivity contribution in [2.45, 2.75) is 51.9 Å². The zero-order valence-electron chi connectivity index (χ0n) is 16.7. The summed E-state index contributed by atoms with van der Waals surface area (Å²) in [5.74, 6) is 0.313. The van der Waals surface area contributed by atoms with Crippen LogP contribution >= 0.6 is 0 Å². The Bertz CT molecular complexity index is 635. The summed E-state index contributed by atoms with van der Waals surface area (Å²) in [4.78, 5) is 28.4. The van der Waals surface area contributed by atoms with Gasteiger partial charge < -0.3 is 4.90 Å². The van der Waals surface area contributed by atoms with E-state index in [0.717, 1.165) is 37.7 Å². The molecule has 5 nitrogen and oxygen atoms in total. The van der Waals surface area contributed by atoms with Crippen LogP contribution in [0.4, 0.5) is 5.69 Å². The fraction of sp³-hybridized carbons (Fsp3) is 0.636. The number of nitrogens with zero attached hydrogens (tertiary/aromatic N) is 2. The van der Waals surface area contributed by atoms with Gasteiger partial charge in [0.1, 0.15) is 0 Å². The highest BCUT2D eigenvalue weighted by Crippen LogP contribution is 2.27. The van der Waals surface area contributed by atoms with Crippen LogP contribution in [0.2, 0.25) is 0 Å². The topological polar surface area (TPSA) is 52.6 Å². The molecule has 3 rings (SSSR count). The van der Waals surface area contributed by atoms with Gasteiger partial charge in [-0.15, -0.1) is 0 Å². The van der Waals surface area contributed by atoms with Gasteiger partial charge in [0.2, 0.25) is 11.8 Å². The molecule has 1 aromatic carbocycles. The second-order valence-electron chi connectivity index (χ2n) is 7.95. The zero-order valence-corrected chi connectivity index (χ0v) is 16.7. The number of carbonyl (C=O) groups excluding carboxylic acids is 2. The first-order valence-corrected chi connectivity index (χ1v) is 10.5. The van der Waals surface area contributed by atoms with Gasteiger partial charge >= 0.3 is 0 Å². The zero-order chi connectivity index (χ0) is 19.2. The van der Waals surface area contributed by atoms with Gasteiger partial charge in [0.15, 0.2) is 0 Å². The number of imide groups is 1. The van der Waals surface area contributed by atoms with Crippen molar-refractivity contribution < 1.29 is 9.59 Å². The van der Waals surface area contributed by atoms with E-state index in [9.17, 15) is 9.59 Å². The van der Waals surface area contributed by atoms with Crippen molar-refractivity contribution in [1.82, 2.24) is 10.2 Å². The van der Waals surface area contributed by atoms with Crippen LogP contribution in [0.3, 0.4) is 0 Å². The first-order valence-electron chi connectivity index (χ1n) is 10.5. The van der Waals surface area contributed by atoms with Gasteiger partial charge in [0.05, 0.1) is 5.92 Å². The third-order valence-electron chi connectivity index (χ3n) is 6.06. The van der Waals surface area contributed by atoms with E-state index in [-0.39, 0.29) is 17.7 Å². The maximum atomic E-state index is 12.0. The van der Waals surface area contributed by atoms with Crippen LogP contribution in [0.15, 0.2) is 24.3 Å². The highest BCUT2D eigenvalue weighted by molar-refractivity contribution is 6.00. The monoisotopic (exact) mass is 371 g/mol. The molecular formula is C22H33N3O2. The lowest BCUT2D eigenvalue weighted by atomic mass is 9.90. The molecular weight excluding hydrogens is 338 g/mol. The van der Waals surface area contributed by atoms with E-state index in [0.29, 0.717) is 12.8 Å². The molecule has 2 heterocycles. The van der Waals surface area contributed by atoms with E-state index in [1.807, 2.05) is 0 Å². The third-order valence-corrected chi connectivity index (χ3v) is 6.06. The summed E-state index contributed by atoms with van der Waals surface area (Å²) < 4.78 is 0. The molecule has 0 saturated carbocycles. The number of benzene rings is 1. The van der Waals surface area contributed by atoms with E-state index in [2.05, 4.69) is 53.2 Å². The fourth-order valence-electron chi connectivity index (χ4n) is 4.32. The van der Waals surface area contributed by atoms with Gasteiger partial charge in [-0.25, -0.2) is 0 Å². The van der Waals surface area contributed by atoms with Crippen LogP contribution in [0.5, 0.6) is 0 Å². The molecule has 0 spiro atoms. The van der Waals surface area contributed by atoms with Crippen molar-refractivity contribution >= 4 is 17.5 Å². The molecule has 0 radical (unpaired) electrons. The number of carbonyl (C=O) groups is 2. The molecule has 2 aliphatic heterocycles. The summed E-state index contributed by atoms with van der Waals surface area (Å²) in [6.07, 6.45) is 4.92. The van der Waals surface area contributed by atoms with Gasteiger partial charge in [-0.05, 0) is 36.5 Å². The van der Waals surface area contributed by atoms with Gasteiger partial charge in [0.25, 0.3) is 0 Å². The van der Waals surface area contributed by atoms with Gasteiger partial charge in [0, 0.05) is 44.8 Å². The average Bonchev–Trinajstić information content (AvgIpc) is 2.68. The molecule has 0 aromatic heterocycles. The molecule has 2 saturated heterocycles. The Morgan fingerprint density at radius 3 is 2.37 bits per heavy atom. The predicted octanol–water partition coefficient (Wildman–Crippen LogP) is 3.16. The summed E-state index contributed by atoms with van der Waals surface area (Å²) in [7, 11) is 0. The maximum absolute atomic E-state index is 12.0. The highest BCUT2D eigenvalue weighted by atomic mass is 16.2. The first kappa shape index (κ1) is 19.9. The van der Waals surface area contributed by atoms with Crippen LogP contribution in [0.25, 0.3) is 0 Å². The van der Waals surface area contributed by atoms with Crippen LogP contribution in [-0.2, 0) is 9.59 Å². The molecule has 27 heavy (non-hydrogen) atoms. The second-order valence-corrected chi connectivity index (χ2v) is 7.95. The number of rotatable bonds is 7. The smallest absolute Gasteiger partial charge is 0.234 e. The largest absolute Gasteiger partial charge is 0.369 e. The number of piperazine rings is 1. The predicted molar refractivity (Wildman–Crippen MR) is 109 cm³/mol. The molecule has 0 aliphatic carbocycles. The molecule has 2 atom stereocenters. The molecule has 1 N–H and O–H groups in total. The van der Waals surface area contributed by atoms with Crippen LogP contribution in [0.1, 0.15) is 57.4 Å². The second kappa shape index (κ2) is 9.36. The fourth-order valence-corrected chi connectivity index (χ4v) is 4.32. The minimum atomic E-state index is -0.196. The Kier molecular flexibility index (Phi) is 6.89. The Morgan fingerprint density at radius 1 is 1.07 bits per heavy atom. The van der Waals surface area contributed by atoms with Crippen molar-refractivity contribution in [2.75, 3.05) is 37.6 Å². The number of piperidine rings is 1. The summed E-state index contributed by atoms with van der Waals surface area (Å²) in [5, 5.41) is 2.45. The molecule has 0 bridgehead atoms. The minimum Gasteiger partial charge on any atom is -0.369 e. The van der Waals surface area contributed by atoms with E-state index < -0.39 is 0 Å². The van der Waals surface area contributed by atoms with Crippen LogP contribution < -0.4 is 10.2 Å². The molecule has 1 aromatic rings. The molecule has 5 heteroatoms. The van der Waals surface area contributed by atoms with E-state index >= 15 is 0 Å². The average molecular weight is 372 g/mol. The van der Waals surface area contributed by atoms with E-state index in [4.69, 9.17) is 0 Å². The number of nitrogens with one attached hydrogen (secondary N) is 1. The van der Waals surface area contributed by atoms with E-state index in [1.165, 1.54) is 31.5 Å². The lowest BCUT2D eigenvalue weighted by Gasteiger charge is -2.37. The quantitative estimate of drug-likeness (QED) is 0.748. The molecule has 2 amide bonds. The third kappa shape index (κ3) is 5.10. The van der Waals surface area contributed by atoms with Gasteiger partial charge in [-0.1, -0.05) is 38.8 Å². The van der Waals surface area contributed by atoms with Crippen LogP contribution in [0, 0.1) is 5.92 Å². The summed E-state index contributed by atoms with van der Waals surface area (Å²) >= 11 is 0. The molecule has 148 valence electrons. The number of amides is 2. The van der Waals surface area contributed by atoms with Crippen LogP contribution in [-0.4, -0.2) is 49.4 Å². The minimum absolute atomic E-state index is 0.157. The van der Waals surface area contributed by atoms with Gasteiger partial charge in [-0.3, -0.25) is 19.8 Å². The Labute approximate surface area is 163 Å². The summed E-state index contributed by atoms with van der Waals surface area (Å²) in [6, 6.07) is 8.35. The lowest BCUT2D eigenvalue weighted by Crippen LogP contribution is -2.47. The Hall–Kier alpha value is -1.88. The SMILES string of the molecule is CCCC(CC)CN1CCN(c2ccc(C3CCC(=O)NC3=O)cc2)CC1. The standard InChI is InChI=1S/C22H33N3O2/c1-3-5-17(4-2)16-24-12-14-25(15-13-24)19-8-6-18(7-9-19)20-10-11-21(26)23-22(20)27/h6-9,17,20H,3-5,10-16H2,1-2H3,(H,23,26,27). The van der Waals surface area contributed by atoms with Crippen molar-refractivity contribution in [3.8, 4) is 0 Å². The molecule has 2 aliphatic rings. The van der Waals surface area contributed by atoms with Crippen molar-refractivity contribution in [2.24, 2.45) is 5.92 Å². The maximum Gasteiger partial charge on any atom is 0.234 e. The number of hydrogen-bond donors (Lipinski definition) is 1. The first-order chi connectivity index (χ1) is 13.1. The lowest BCUT2D eigenvalue weighted by molar-refractivity contribution is -0.134. The van der Waals surface area contributed by atoms with Gasteiger partial charge in [-0.2, -0.15) is 0 Å². The molecule has 2 unspecified atom stereocenters. The Balaban J connectivity index is 1.53. The highest BCUT2D eigenvalue weighted by Gasteiger charge is 2.28. The number of hydrogen-bond acceptors (Lipinski definition) is 4. The normalized spacial score (nSPS) is 22.6. The molecule has 2 fully saturated rings. The van der Waals surface area contributed by atoms with Crippen molar-refractivity contribution in [3.05, 3.63) is 29.8 Å². The number of anilines is 1. The summed E-state index contributed by atoms with van der Waals surface area (Å²) in [6.45, 7) is 10.2. The van der Waals surface area contributed by atoms with Crippen molar-refractivity contribution in [1.29, 1.82) is 0 Å². The van der Waals surface area contributed by atoms with E-state index in [1.54, 1.807) is 0 Å².